The van der Waals surface area contributed by atoms with Gasteiger partial charge in [0.1, 0.15) is 11.6 Å². The van der Waals surface area contributed by atoms with Gasteiger partial charge in [0, 0.05) is 29.2 Å². The second-order valence-electron chi connectivity index (χ2n) is 8.88. The second kappa shape index (κ2) is 7.60. The Bertz CT molecular complexity index is 1270. The van der Waals surface area contributed by atoms with E-state index in [0.717, 1.165) is 53.5 Å². The van der Waals surface area contributed by atoms with E-state index in [-0.39, 0.29) is 17.5 Å². The lowest BCUT2D eigenvalue weighted by molar-refractivity contribution is -0.137. The van der Waals surface area contributed by atoms with Gasteiger partial charge in [-0.25, -0.2) is 9.97 Å². The van der Waals surface area contributed by atoms with Crippen LogP contribution in [0.1, 0.15) is 48.3 Å². The summed E-state index contributed by atoms with van der Waals surface area (Å²) in [7, 11) is 0. The summed E-state index contributed by atoms with van der Waals surface area (Å²) < 4.78 is 39.8. The Hall–Kier alpha value is -3.36. The van der Waals surface area contributed by atoms with Crippen molar-refractivity contribution >= 4 is 34.0 Å². The quantitative estimate of drug-likeness (QED) is 0.540. The van der Waals surface area contributed by atoms with Crippen LogP contribution in [0.15, 0.2) is 30.3 Å². The molecular formula is C24H24F3N5O. The Morgan fingerprint density at radius 3 is 2.64 bits per heavy atom. The lowest BCUT2D eigenvalue weighted by Gasteiger charge is -2.20. The number of alkyl halides is 3. The van der Waals surface area contributed by atoms with Gasteiger partial charge < -0.3 is 16.0 Å². The monoisotopic (exact) mass is 455 g/mol. The number of hydrogen-bond donors (Lipinski definition) is 2. The van der Waals surface area contributed by atoms with Gasteiger partial charge >= 0.3 is 6.18 Å². The third-order valence-electron chi connectivity index (χ3n) is 6.25. The van der Waals surface area contributed by atoms with E-state index in [9.17, 15) is 18.0 Å². The van der Waals surface area contributed by atoms with Crippen molar-refractivity contribution in [3.05, 3.63) is 52.8 Å². The molecule has 6 nitrogen and oxygen atoms in total. The van der Waals surface area contributed by atoms with Gasteiger partial charge in [-0.3, -0.25) is 4.79 Å². The standard InChI is InChI=1S/C24H24F3N5O/c1-12(16-7-17(24(25,26)27)10-18(28)8-16)29-22-19-11-21-15(9-20(19)30-13(2)31-22)5-6-32(21)23(33)14-3-4-14/h7-12,14H,3-6,28H2,1-2H3,(H,29,30,31). The molecule has 5 rings (SSSR count). The van der Waals surface area contributed by atoms with E-state index in [2.05, 4.69) is 15.3 Å². The molecule has 33 heavy (non-hydrogen) atoms. The van der Waals surface area contributed by atoms with E-state index in [4.69, 9.17) is 5.73 Å². The van der Waals surface area contributed by atoms with Crippen LogP contribution in [0.2, 0.25) is 0 Å². The molecular weight excluding hydrogens is 431 g/mol. The van der Waals surface area contributed by atoms with Gasteiger partial charge in [0.2, 0.25) is 5.91 Å². The number of rotatable bonds is 4. The fraction of sp³-hybridized carbons (Fsp3) is 0.375. The van der Waals surface area contributed by atoms with Crippen molar-refractivity contribution in [2.24, 2.45) is 5.92 Å². The third-order valence-corrected chi connectivity index (χ3v) is 6.25. The smallest absolute Gasteiger partial charge is 0.399 e. The maximum absolute atomic E-state index is 13.3. The number of amides is 1. The van der Waals surface area contributed by atoms with Crippen molar-refractivity contribution in [2.75, 3.05) is 22.5 Å². The Labute approximate surface area is 189 Å². The number of nitrogens with one attached hydrogen (secondary N) is 1. The van der Waals surface area contributed by atoms with Crippen molar-refractivity contribution in [2.45, 2.75) is 45.3 Å². The zero-order valence-electron chi connectivity index (χ0n) is 18.3. The topological polar surface area (TPSA) is 84.1 Å². The summed E-state index contributed by atoms with van der Waals surface area (Å²) in [6.07, 6.45) is -1.84. The Morgan fingerprint density at radius 1 is 1.18 bits per heavy atom. The van der Waals surface area contributed by atoms with E-state index >= 15 is 0 Å². The fourth-order valence-electron chi connectivity index (χ4n) is 4.40. The molecule has 1 aromatic heterocycles. The van der Waals surface area contributed by atoms with Crippen LogP contribution in [0.3, 0.4) is 0 Å². The maximum atomic E-state index is 13.3. The van der Waals surface area contributed by atoms with Crippen molar-refractivity contribution in [1.82, 2.24) is 9.97 Å². The first-order valence-electron chi connectivity index (χ1n) is 11.0. The number of nitrogens with two attached hydrogens (primary N) is 1. The van der Waals surface area contributed by atoms with Gasteiger partial charge in [0.15, 0.2) is 0 Å². The van der Waals surface area contributed by atoms with Gasteiger partial charge in [-0.15, -0.1) is 0 Å². The molecule has 2 aromatic carbocycles. The molecule has 0 spiro atoms. The SMILES string of the molecule is Cc1nc(NC(C)c2cc(N)cc(C(F)(F)F)c2)c2cc3c(cc2n1)CCN3C(=O)C1CC1. The molecule has 0 saturated heterocycles. The zero-order chi connectivity index (χ0) is 23.5. The van der Waals surface area contributed by atoms with Crippen LogP contribution in [0.25, 0.3) is 10.9 Å². The summed E-state index contributed by atoms with van der Waals surface area (Å²) in [5.41, 5.74) is 8.07. The molecule has 1 saturated carbocycles. The van der Waals surface area contributed by atoms with Gasteiger partial charge in [-0.1, -0.05) is 0 Å². The number of benzene rings is 2. The molecule has 1 amide bonds. The molecule has 1 aliphatic heterocycles. The predicted octanol–water partition coefficient (Wildman–Crippen LogP) is 5.01. The Balaban J connectivity index is 1.52. The van der Waals surface area contributed by atoms with E-state index in [1.54, 1.807) is 13.8 Å². The van der Waals surface area contributed by atoms with Crippen LogP contribution in [0.4, 0.5) is 30.4 Å². The molecule has 1 fully saturated rings. The van der Waals surface area contributed by atoms with Crippen molar-refractivity contribution in [3.63, 3.8) is 0 Å². The van der Waals surface area contributed by atoms with Crippen molar-refractivity contribution in [1.29, 1.82) is 0 Å². The largest absolute Gasteiger partial charge is 0.416 e. The molecule has 0 radical (unpaired) electrons. The van der Waals surface area contributed by atoms with E-state index in [1.807, 2.05) is 17.0 Å². The summed E-state index contributed by atoms with van der Waals surface area (Å²) in [5, 5.41) is 3.96. The molecule has 0 bridgehead atoms. The number of halogens is 3. The number of carbonyl (C=O) groups is 1. The molecule has 3 aromatic rings. The highest BCUT2D eigenvalue weighted by Crippen LogP contribution is 2.39. The van der Waals surface area contributed by atoms with E-state index in [1.165, 1.54) is 6.07 Å². The number of nitrogens with zero attached hydrogens (tertiary/aromatic N) is 3. The highest BCUT2D eigenvalue weighted by Gasteiger charge is 2.37. The van der Waals surface area contributed by atoms with E-state index < -0.39 is 17.8 Å². The molecule has 3 N–H and O–H groups in total. The summed E-state index contributed by atoms with van der Waals surface area (Å²) in [6, 6.07) is 6.96. The first-order chi connectivity index (χ1) is 15.6. The van der Waals surface area contributed by atoms with Gasteiger partial charge in [-0.05, 0) is 74.6 Å². The number of fused-ring (bicyclic) bond motifs is 2. The molecule has 9 heteroatoms. The highest BCUT2D eigenvalue weighted by molar-refractivity contribution is 6.02. The van der Waals surface area contributed by atoms with Crippen LogP contribution in [0, 0.1) is 12.8 Å². The summed E-state index contributed by atoms with van der Waals surface area (Å²) in [6.45, 7) is 4.18. The Morgan fingerprint density at radius 2 is 1.94 bits per heavy atom. The minimum Gasteiger partial charge on any atom is -0.399 e. The van der Waals surface area contributed by atoms with Crippen LogP contribution in [-0.4, -0.2) is 22.4 Å². The molecule has 2 aliphatic rings. The van der Waals surface area contributed by atoms with Crippen LogP contribution >= 0.6 is 0 Å². The van der Waals surface area contributed by atoms with Crippen LogP contribution in [0.5, 0.6) is 0 Å². The lowest BCUT2D eigenvalue weighted by Crippen LogP contribution is -2.30. The van der Waals surface area contributed by atoms with E-state index in [0.29, 0.717) is 23.8 Å². The maximum Gasteiger partial charge on any atom is 0.416 e. The average Bonchev–Trinajstić information content (AvgIpc) is 3.51. The minimum absolute atomic E-state index is 0.0456. The fourth-order valence-corrected chi connectivity index (χ4v) is 4.40. The second-order valence-corrected chi connectivity index (χ2v) is 8.88. The first kappa shape index (κ1) is 21.5. The molecule has 1 atom stereocenters. The summed E-state index contributed by atoms with van der Waals surface area (Å²) in [4.78, 5) is 23.6. The number of aromatic nitrogens is 2. The predicted molar refractivity (Wildman–Crippen MR) is 121 cm³/mol. The van der Waals surface area contributed by atoms with Crippen LogP contribution in [-0.2, 0) is 17.4 Å². The number of hydrogen-bond acceptors (Lipinski definition) is 5. The molecule has 1 unspecified atom stereocenters. The number of carbonyl (C=O) groups excluding carboxylic acids is 1. The zero-order valence-corrected chi connectivity index (χ0v) is 18.3. The normalized spacial score (nSPS) is 16.7. The van der Waals surface area contributed by atoms with Crippen molar-refractivity contribution < 1.29 is 18.0 Å². The minimum atomic E-state index is -4.49. The van der Waals surface area contributed by atoms with Gasteiger partial charge in [-0.2, -0.15) is 13.2 Å². The van der Waals surface area contributed by atoms with Gasteiger partial charge in [0.25, 0.3) is 0 Å². The highest BCUT2D eigenvalue weighted by atomic mass is 19.4. The third kappa shape index (κ3) is 4.07. The van der Waals surface area contributed by atoms with Gasteiger partial charge in [0.05, 0.1) is 17.1 Å². The Kier molecular flexibility index (Phi) is 4.95. The van der Waals surface area contributed by atoms with Crippen LogP contribution < -0.4 is 16.0 Å². The lowest BCUT2D eigenvalue weighted by atomic mass is 10.0. The number of anilines is 3. The van der Waals surface area contributed by atoms with Crippen molar-refractivity contribution in [3.8, 4) is 0 Å². The number of nitrogen functional groups attached to an aromatic ring is 1. The summed E-state index contributed by atoms with van der Waals surface area (Å²) in [5.74, 6) is 1.33. The average molecular weight is 455 g/mol. The molecule has 172 valence electrons. The molecule has 1 aliphatic carbocycles. The first-order valence-corrected chi connectivity index (χ1v) is 11.0. The number of aryl methyl sites for hydroxylation is 1. The summed E-state index contributed by atoms with van der Waals surface area (Å²) >= 11 is 0. The molecule has 2 heterocycles.